The van der Waals surface area contributed by atoms with Gasteiger partial charge in [0.2, 0.25) is 0 Å². The van der Waals surface area contributed by atoms with Crippen molar-refractivity contribution in [2.75, 3.05) is 52.5 Å². The summed E-state index contributed by atoms with van der Waals surface area (Å²) < 4.78 is 10.8. The van der Waals surface area contributed by atoms with Crippen LogP contribution in [0.15, 0.2) is 24.3 Å². The van der Waals surface area contributed by atoms with Gasteiger partial charge in [-0.1, -0.05) is 11.6 Å². The van der Waals surface area contributed by atoms with Gasteiger partial charge in [0, 0.05) is 37.7 Å². The van der Waals surface area contributed by atoms with Crippen molar-refractivity contribution in [1.82, 2.24) is 9.80 Å². The Labute approximate surface area is 147 Å². The molecular weight excluding hydrogens is 330 g/mol. The Morgan fingerprint density at radius 2 is 2.00 bits per heavy atom. The van der Waals surface area contributed by atoms with Crippen LogP contribution in [-0.4, -0.2) is 68.3 Å². The molecule has 1 aliphatic rings. The lowest BCUT2D eigenvalue weighted by Gasteiger charge is -2.29. The average Bonchev–Trinajstić information content (AvgIpc) is 2.62. The number of rotatable bonds is 8. The number of amides is 1. The number of halogens is 1. The minimum Gasteiger partial charge on any atom is -0.484 e. The molecule has 0 aromatic heterocycles. The highest BCUT2D eigenvalue weighted by atomic mass is 35.5. The summed E-state index contributed by atoms with van der Waals surface area (Å²) in [5.41, 5.74) is 0. The van der Waals surface area contributed by atoms with Crippen LogP contribution in [0.25, 0.3) is 0 Å². The van der Waals surface area contributed by atoms with E-state index in [-0.39, 0.29) is 12.5 Å². The summed E-state index contributed by atoms with van der Waals surface area (Å²) in [5.74, 6) is 0.481. The molecule has 0 atom stereocenters. The Kier molecular flexibility index (Phi) is 7.83. The van der Waals surface area contributed by atoms with Gasteiger partial charge in [0.1, 0.15) is 5.75 Å². The molecule has 0 unspecified atom stereocenters. The van der Waals surface area contributed by atoms with E-state index in [9.17, 15) is 4.79 Å². The van der Waals surface area contributed by atoms with Crippen LogP contribution in [0, 0.1) is 11.3 Å². The maximum Gasteiger partial charge on any atom is 0.260 e. The second kappa shape index (κ2) is 10.1. The third-order valence-corrected chi connectivity index (χ3v) is 4.06. The lowest BCUT2D eigenvalue weighted by atomic mass is 10.3. The van der Waals surface area contributed by atoms with E-state index >= 15 is 0 Å². The number of benzene rings is 1. The number of morpholine rings is 1. The predicted octanol–water partition coefficient (Wildman–Crippen LogP) is 1.79. The van der Waals surface area contributed by atoms with Crippen molar-refractivity contribution in [1.29, 1.82) is 5.26 Å². The molecular formula is C17H22ClN3O3. The van der Waals surface area contributed by atoms with Crippen LogP contribution in [0.4, 0.5) is 0 Å². The van der Waals surface area contributed by atoms with Crippen molar-refractivity contribution < 1.29 is 14.3 Å². The van der Waals surface area contributed by atoms with Gasteiger partial charge < -0.3 is 14.4 Å². The first kappa shape index (κ1) is 18.5. The van der Waals surface area contributed by atoms with E-state index in [1.54, 1.807) is 29.2 Å². The minimum absolute atomic E-state index is 0.0455. The van der Waals surface area contributed by atoms with E-state index in [0.29, 0.717) is 30.3 Å². The molecule has 0 spiro atoms. The third kappa shape index (κ3) is 6.36. The number of hydrogen-bond acceptors (Lipinski definition) is 5. The van der Waals surface area contributed by atoms with E-state index in [1.165, 1.54) is 0 Å². The molecule has 0 saturated carbocycles. The Bertz CT molecular complexity index is 553. The van der Waals surface area contributed by atoms with Crippen molar-refractivity contribution in [3.8, 4) is 11.8 Å². The molecule has 0 radical (unpaired) electrons. The number of carbonyl (C=O) groups excluding carboxylic acids is 1. The first-order valence-corrected chi connectivity index (χ1v) is 8.40. The summed E-state index contributed by atoms with van der Waals surface area (Å²) >= 11 is 5.82. The highest BCUT2D eigenvalue weighted by Crippen LogP contribution is 2.15. The average molecular weight is 352 g/mol. The molecule has 1 fully saturated rings. The van der Waals surface area contributed by atoms with Crippen LogP contribution in [0.2, 0.25) is 5.02 Å². The lowest BCUT2D eigenvalue weighted by molar-refractivity contribution is -0.133. The van der Waals surface area contributed by atoms with Gasteiger partial charge in [0.05, 0.1) is 25.7 Å². The summed E-state index contributed by atoms with van der Waals surface area (Å²) in [7, 11) is 0. The second-order valence-electron chi connectivity index (χ2n) is 5.49. The molecule has 0 N–H and O–H groups in total. The van der Waals surface area contributed by atoms with Crippen LogP contribution < -0.4 is 4.74 Å². The van der Waals surface area contributed by atoms with Crippen molar-refractivity contribution in [2.45, 2.75) is 6.42 Å². The first-order valence-electron chi connectivity index (χ1n) is 8.02. The first-order chi connectivity index (χ1) is 11.7. The molecule has 1 saturated heterocycles. The Morgan fingerprint density at radius 3 is 2.67 bits per heavy atom. The Balaban J connectivity index is 1.81. The number of nitrogens with zero attached hydrogens (tertiary/aromatic N) is 3. The molecule has 7 heteroatoms. The molecule has 1 amide bonds. The fourth-order valence-electron chi connectivity index (χ4n) is 2.40. The van der Waals surface area contributed by atoms with Crippen molar-refractivity contribution >= 4 is 17.5 Å². The summed E-state index contributed by atoms with van der Waals surface area (Å²) in [6.45, 7) is 4.95. The lowest BCUT2D eigenvalue weighted by Crippen LogP contribution is -2.44. The number of hydrogen-bond donors (Lipinski definition) is 0. The summed E-state index contributed by atoms with van der Waals surface area (Å²) in [6, 6.07) is 8.97. The molecule has 2 rings (SSSR count). The van der Waals surface area contributed by atoms with Crippen LogP contribution >= 0.6 is 11.6 Å². The number of ether oxygens (including phenoxy) is 2. The fraction of sp³-hybridized carbons (Fsp3) is 0.529. The van der Waals surface area contributed by atoms with Crippen LogP contribution in [-0.2, 0) is 9.53 Å². The van der Waals surface area contributed by atoms with Gasteiger partial charge in [-0.2, -0.15) is 5.26 Å². The largest absolute Gasteiger partial charge is 0.484 e. The van der Waals surface area contributed by atoms with E-state index in [1.807, 2.05) is 0 Å². The molecule has 1 aromatic carbocycles. The zero-order chi connectivity index (χ0) is 17.2. The van der Waals surface area contributed by atoms with E-state index in [4.69, 9.17) is 26.3 Å². The zero-order valence-corrected chi connectivity index (χ0v) is 14.4. The SMILES string of the molecule is N#CCCN(CCN1CCOCC1)C(=O)COc1ccc(Cl)cc1. The van der Waals surface area contributed by atoms with Crippen molar-refractivity contribution in [3.63, 3.8) is 0 Å². The Morgan fingerprint density at radius 1 is 1.29 bits per heavy atom. The molecule has 24 heavy (non-hydrogen) atoms. The molecule has 1 aromatic rings. The van der Waals surface area contributed by atoms with E-state index in [0.717, 1.165) is 32.8 Å². The second-order valence-corrected chi connectivity index (χ2v) is 5.92. The van der Waals surface area contributed by atoms with E-state index < -0.39 is 0 Å². The van der Waals surface area contributed by atoms with Gasteiger partial charge in [-0.25, -0.2) is 0 Å². The van der Waals surface area contributed by atoms with Gasteiger partial charge in [-0.3, -0.25) is 9.69 Å². The van der Waals surface area contributed by atoms with Gasteiger partial charge in [0.25, 0.3) is 5.91 Å². The van der Waals surface area contributed by atoms with Gasteiger partial charge >= 0.3 is 0 Å². The number of carbonyl (C=O) groups is 1. The van der Waals surface area contributed by atoms with Gasteiger partial charge in [0.15, 0.2) is 6.61 Å². The summed E-state index contributed by atoms with van der Waals surface area (Å²) in [5, 5.41) is 9.41. The highest BCUT2D eigenvalue weighted by Gasteiger charge is 2.17. The quantitative estimate of drug-likeness (QED) is 0.714. The van der Waals surface area contributed by atoms with Crippen LogP contribution in [0.1, 0.15) is 6.42 Å². The molecule has 0 aliphatic carbocycles. The molecule has 1 aliphatic heterocycles. The molecule has 1 heterocycles. The summed E-state index contributed by atoms with van der Waals surface area (Å²) in [6.07, 6.45) is 0.315. The predicted molar refractivity (Wildman–Crippen MR) is 91.0 cm³/mol. The summed E-state index contributed by atoms with van der Waals surface area (Å²) in [4.78, 5) is 16.3. The van der Waals surface area contributed by atoms with Crippen molar-refractivity contribution in [2.24, 2.45) is 0 Å². The fourth-order valence-corrected chi connectivity index (χ4v) is 2.53. The van der Waals surface area contributed by atoms with Crippen LogP contribution in [0.5, 0.6) is 5.75 Å². The smallest absolute Gasteiger partial charge is 0.260 e. The maximum absolute atomic E-state index is 12.4. The van der Waals surface area contributed by atoms with Gasteiger partial charge in [-0.05, 0) is 24.3 Å². The van der Waals surface area contributed by atoms with Crippen LogP contribution in [0.3, 0.4) is 0 Å². The van der Waals surface area contributed by atoms with E-state index in [2.05, 4.69) is 11.0 Å². The van der Waals surface area contributed by atoms with Crippen molar-refractivity contribution in [3.05, 3.63) is 29.3 Å². The zero-order valence-electron chi connectivity index (χ0n) is 13.6. The molecule has 6 nitrogen and oxygen atoms in total. The minimum atomic E-state index is -0.117. The monoisotopic (exact) mass is 351 g/mol. The maximum atomic E-state index is 12.4. The third-order valence-electron chi connectivity index (χ3n) is 3.81. The topological polar surface area (TPSA) is 65.8 Å². The highest BCUT2D eigenvalue weighted by molar-refractivity contribution is 6.30. The number of nitriles is 1. The standard InChI is InChI=1S/C17H22ClN3O3/c18-15-2-4-16(5-3-15)24-14-17(22)21(7-1-6-19)9-8-20-10-12-23-13-11-20/h2-5H,1,7-14H2. The molecule has 0 bridgehead atoms. The normalized spacial score (nSPS) is 14.8. The Hall–Kier alpha value is -1.81. The molecule has 130 valence electrons. The van der Waals surface area contributed by atoms with Gasteiger partial charge in [-0.15, -0.1) is 0 Å².